The topological polar surface area (TPSA) is 86.8 Å². The number of anilines is 1. The van der Waals surface area contributed by atoms with E-state index in [9.17, 15) is 18.0 Å². The second-order valence-electron chi connectivity index (χ2n) is 9.48. The van der Waals surface area contributed by atoms with E-state index >= 15 is 0 Å². The number of sulfonamides is 1. The highest BCUT2D eigenvalue weighted by Crippen LogP contribution is 2.27. The average molecular weight is 570 g/mol. The van der Waals surface area contributed by atoms with Gasteiger partial charge in [-0.15, -0.1) is 0 Å². The Morgan fingerprint density at radius 3 is 2.15 bits per heavy atom. The number of rotatable bonds is 13. The second-order valence-corrected chi connectivity index (χ2v) is 11.8. The standard InChI is InChI=1S/C30H36ClN3O4S/c1-4-32-30(36)28(20-24-12-7-5-8-13-24)33(22-25-14-9-6-10-15-25)29(35)16-11-19-34(39(3,37)38)27-21-26(31)18-17-23(27)2/h5-10,12-15,17-18,21,28H,4,11,16,19-20,22H2,1-3H3,(H,32,36)/t28-/m1/s1. The number of halogens is 1. The summed E-state index contributed by atoms with van der Waals surface area (Å²) in [6.45, 7) is 4.47. The molecule has 0 aliphatic carbocycles. The summed E-state index contributed by atoms with van der Waals surface area (Å²) in [6, 6.07) is 23.5. The fourth-order valence-corrected chi connectivity index (χ4v) is 5.64. The SMILES string of the molecule is CCNC(=O)[C@@H](Cc1ccccc1)N(Cc1ccccc1)C(=O)CCCN(c1cc(Cl)ccc1C)S(C)(=O)=O. The number of carbonyl (C=O) groups excluding carboxylic acids is 2. The van der Waals surface area contributed by atoms with Crippen LogP contribution in [0.5, 0.6) is 0 Å². The molecule has 1 atom stereocenters. The van der Waals surface area contributed by atoms with Gasteiger partial charge in [0.15, 0.2) is 0 Å². The third kappa shape index (κ3) is 8.83. The maximum absolute atomic E-state index is 13.7. The molecule has 208 valence electrons. The molecule has 3 aromatic carbocycles. The smallest absolute Gasteiger partial charge is 0.243 e. The van der Waals surface area contributed by atoms with Gasteiger partial charge in [0.1, 0.15) is 6.04 Å². The van der Waals surface area contributed by atoms with Crippen LogP contribution in [0.15, 0.2) is 78.9 Å². The Kier molecular flexibility index (Phi) is 10.9. The van der Waals surface area contributed by atoms with Crippen molar-refractivity contribution in [3.8, 4) is 0 Å². The molecule has 0 radical (unpaired) electrons. The highest BCUT2D eigenvalue weighted by Gasteiger charge is 2.30. The third-order valence-electron chi connectivity index (χ3n) is 6.41. The number of hydrogen-bond donors (Lipinski definition) is 1. The van der Waals surface area contributed by atoms with E-state index in [1.165, 1.54) is 4.31 Å². The van der Waals surface area contributed by atoms with Crippen LogP contribution in [0.3, 0.4) is 0 Å². The van der Waals surface area contributed by atoms with Crippen LogP contribution in [0.4, 0.5) is 5.69 Å². The van der Waals surface area contributed by atoms with Gasteiger partial charge in [-0.1, -0.05) is 78.3 Å². The quantitative estimate of drug-likeness (QED) is 0.315. The summed E-state index contributed by atoms with van der Waals surface area (Å²) in [4.78, 5) is 28.6. The Bertz CT molecular complexity index is 1350. The minimum atomic E-state index is -3.62. The number of nitrogens with zero attached hydrogens (tertiary/aromatic N) is 2. The molecule has 39 heavy (non-hydrogen) atoms. The average Bonchev–Trinajstić information content (AvgIpc) is 2.90. The zero-order valence-corrected chi connectivity index (χ0v) is 24.2. The Morgan fingerprint density at radius 2 is 1.56 bits per heavy atom. The first-order valence-electron chi connectivity index (χ1n) is 13.0. The number of aryl methyl sites for hydroxylation is 1. The van der Waals surface area contributed by atoms with Gasteiger partial charge >= 0.3 is 0 Å². The molecular weight excluding hydrogens is 534 g/mol. The van der Waals surface area contributed by atoms with Gasteiger partial charge in [-0.05, 0) is 49.1 Å². The molecule has 7 nitrogen and oxygen atoms in total. The molecule has 0 saturated carbocycles. The first-order valence-corrected chi connectivity index (χ1v) is 15.2. The van der Waals surface area contributed by atoms with Gasteiger partial charge in [0.2, 0.25) is 21.8 Å². The summed E-state index contributed by atoms with van der Waals surface area (Å²) < 4.78 is 26.6. The largest absolute Gasteiger partial charge is 0.355 e. The van der Waals surface area contributed by atoms with Crippen molar-refractivity contribution >= 4 is 39.1 Å². The summed E-state index contributed by atoms with van der Waals surface area (Å²) in [5, 5.41) is 3.31. The van der Waals surface area contributed by atoms with E-state index in [4.69, 9.17) is 11.6 Å². The predicted molar refractivity (Wildman–Crippen MR) is 157 cm³/mol. The minimum absolute atomic E-state index is 0.0726. The summed E-state index contributed by atoms with van der Waals surface area (Å²) in [7, 11) is -3.62. The van der Waals surface area contributed by atoms with Crippen LogP contribution >= 0.6 is 11.6 Å². The van der Waals surface area contributed by atoms with Crippen LogP contribution in [0, 0.1) is 6.92 Å². The van der Waals surface area contributed by atoms with Crippen LogP contribution < -0.4 is 9.62 Å². The molecule has 0 spiro atoms. The summed E-state index contributed by atoms with van der Waals surface area (Å²) in [6.07, 6.45) is 1.85. The zero-order chi connectivity index (χ0) is 28.4. The molecule has 0 aliphatic rings. The summed E-state index contributed by atoms with van der Waals surface area (Å²) in [5.41, 5.74) is 3.10. The molecule has 3 rings (SSSR count). The molecule has 0 saturated heterocycles. The first-order chi connectivity index (χ1) is 18.6. The summed E-state index contributed by atoms with van der Waals surface area (Å²) >= 11 is 6.15. The molecule has 9 heteroatoms. The number of nitrogens with one attached hydrogen (secondary N) is 1. The molecule has 0 bridgehead atoms. The number of benzene rings is 3. The van der Waals surface area contributed by atoms with Gasteiger partial charge in [0, 0.05) is 37.5 Å². The van der Waals surface area contributed by atoms with Crippen LogP contribution in [-0.2, 0) is 32.6 Å². The zero-order valence-electron chi connectivity index (χ0n) is 22.6. The van der Waals surface area contributed by atoms with Crippen molar-refractivity contribution in [3.05, 3.63) is 101 Å². The highest BCUT2D eigenvalue weighted by molar-refractivity contribution is 7.92. The lowest BCUT2D eigenvalue weighted by molar-refractivity contribution is -0.141. The third-order valence-corrected chi connectivity index (χ3v) is 7.82. The normalized spacial score (nSPS) is 12.0. The number of amides is 2. The van der Waals surface area contributed by atoms with Crippen molar-refractivity contribution in [1.29, 1.82) is 0 Å². The molecule has 2 amide bonds. The molecule has 0 aromatic heterocycles. The van der Waals surface area contributed by atoms with E-state index in [2.05, 4.69) is 5.32 Å². The van der Waals surface area contributed by atoms with Gasteiger partial charge in [0.05, 0.1) is 11.9 Å². The molecule has 0 aliphatic heterocycles. The van der Waals surface area contributed by atoms with Crippen LogP contribution in [0.2, 0.25) is 5.02 Å². The van der Waals surface area contributed by atoms with Gasteiger partial charge in [-0.25, -0.2) is 8.42 Å². The molecule has 3 aromatic rings. The molecule has 0 unspecified atom stereocenters. The Morgan fingerprint density at radius 1 is 0.949 bits per heavy atom. The van der Waals surface area contributed by atoms with Crippen molar-refractivity contribution in [2.45, 2.75) is 45.7 Å². The van der Waals surface area contributed by atoms with E-state index in [1.807, 2.05) is 74.5 Å². The van der Waals surface area contributed by atoms with Crippen molar-refractivity contribution in [1.82, 2.24) is 10.2 Å². The van der Waals surface area contributed by atoms with Crippen LogP contribution in [0.25, 0.3) is 0 Å². The van der Waals surface area contributed by atoms with Gasteiger partial charge in [0.25, 0.3) is 0 Å². The van der Waals surface area contributed by atoms with Crippen molar-refractivity contribution < 1.29 is 18.0 Å². The van der Waals surface area contributed by atoms with Crippen molar-refractivity contribution in [3.63, 3.8) is 0 Å². The lowest BCUT2D eigenvalue weighted by atomic mass is 10.0. The van der Waals surface area contributed by atoms with Crippen LogP contribution in [-0.4, -0.2) is 50.5 Å². The van der Waals surface area contributed by atoms with E-state index in [0.717, 1.165) is 22.9 Å². The molecule has 1 N–H and O–H groups in total. The Labute approximate surface area is 236 Å². The van der Waals surface area contributed by atoms with Gasteiger partial charge in [-0.3, -0.25) is 13.9 Å². The number of likely N-dealkylation sites (N-methyl/N-ethyl adjacent to an activating group) is 1. The fourth-order valence-electron chi connectivity index (χ4n) is 4.46. The Balaban J connectivity index is 1.86. The molecular formula is C30H36ClN3O4S. The highest BCUT2D eigenvalue weighted by atomic mass is 35.5. The lowest BCUT2D eigenvalue weighted by Crippen LogP contribution is -2.50. The second kappa shape index (κ2) is 14.1. The van der Waals surface area contributed by atoms with Gasteiger partial charge in [-0.2, -0.15) is 0 Å². The van der Waals surface area contributed by atoms with Crippen molar-refractivity contribution in [2.75, 3.05) is 23.7 Å². The maximum Gasteiger partial charge on any atom is 0.243 e. The summed E-state index contributed by atoms with van der Waals surface area (Å²) in [5.74, 6) is -0.444. The number of carbonyl (C=O) groups is 2. The predicted octanol–water partition coefficient (Wildman–Crippen LogP) is 4.97. The van der Waals surface area contributed by atoms with E-state index in [0.29, 0.717) is 23.7 Å². The van der Waals surface area contributed by atoms with Gasteiger partial charge < -0.3 is 10.2 Å². The monoisotopic (exact) mass is 569 g/mol. The minimum Gasteiger partial charge on any atom is -0.355 e. The van der Waals surface area contributed by atoms with Crippen molar-refractivity contribution in [2.24, 2.45) is 0 Å². The number of hydrogen-bond acceptors (Lipinski definition) is 4. The van der Waals surface area contributed by atoms with E-state index < -0.39 is 16.1 Å². The van der Waals surface area contributed by atoms with E-state index in [-0.39, 0.29) is 37.7 Å². The first kappa shape index (κ1) is 30.2. The fraction of sp³-hybridized carbons (Fsp3) is 0.333. The van der Waals surface area contributed by atoms with E-state index in [1.54, 1.807) is 23.1 Å². The molecule has 0 heterocycles. The lowest BCUT2D eigenvalue weighted by Gasteiger charge is -2.32. The van der Waals surface area contributed by atoms with Crippen LogP contribution in [0.1, 0.15) is 36.5 Å². The Hall–Kier alpha value is -3.36. The molecule has 0 fully saturated rings. The maximum atomic E-state index is 13.7.